The first-order chi connectivity index (χ1) is 7.91. The molecule has 0 saturated carbocycles. The highest BCUT2D eigenvalue weighted by molar-refractivity contribution is 5.94. The molecule has 0 spiro atoms. The Balaban J connectivity index is 2.73. The van der Waals surface area contributed by atoms with E-state index in [-0.39, 0.29) is 12.3 Å². The third-order valence-corrected chi connectivity index (χ3v) is 2.47. The Labute approximate surface area is 98.7 Å². The van der Waals surface area contributed by atoms with Gasteiger partial charge >= 0.3 is 5.97 Å². The Bertz CT molecular complexity index is 434. The maximum atomic E-state index is 12.9. The van der Waals surface area contributed by atoms with Crippen molar-refractivity contribution in [3.63, 3.8) is 0 Å². The average Bonchev–Trinajstić information content (AvgIpc) is 2.27. The van der Waals surface area contributed by atoms with Crippen LogP contribution in [-0.4, -0.2) is 24.0 Å². The average molecular weight is 239 g/mol. The number of carboxylic acids is 1. The molecule has 0 aliphatic rings. The number of halogens is 1. The third-order valence-electron chi connectivity index (χ3n) is 2.47. The number of amides is 1. The molecule has 5 heteroatoms. The number of carbonyl (C=O) groups excluding carboxylic acids is 1. The molecule has 0 bridgehead atoms. The SMILES string of the molecule is CC(CC(=O)N(C)c1cccc(F)c1)C(=O)O. The van der Waals surface area contributed by atoms with Gasteiger partial charge in [-0.15, -0.1) is 0 Å². The van der Waals surface area contributed by atoms with Crippen molar-refractivity contribution in [1.82, 2.24) is 0 Å². The Morgan fingerprint density at radius 1 is 1.47 bits per heavy atom. The summed E-state index contributed by atoms with van der Waals surface area (Å²) in [5, 5.41) is 8.70. The Kier molecular flexibility index (Phi) is 4.20. The second-order valence-corrected chi connectivity index (χ2v) is 3.88. The zero-order valence-corrected chi connectivity index (χ0v) is 9.68. The number of carboxylic acid groups (broad SMARTS) is 1. The van der Waals surface area contributed by atoms with Crippen LogP contribution >= 0.6 is 0 Å². The Hall–Kier alpha value is -1.91. The Morgan fingerprint density at radius 3 is 2.65 bits per heavy atom. The largest absolute Gasteiger partial charge is 0.481 e. The summed E-state index contributed by atoms with van der Waals surface area (Å²) in [6.45, 7) is 1.46. The van der Waals surface area contributed by atoms with E-state index in [1.165, 1.54) is 37.1 Å². The molecule has 4 nitrogen and oxygen atoms in total. The minimum absolute atomic E-state index is 0.109. The molecule has 1 amide bonds. The second kappa shape index (κ2) is 5.43. The summed E-state index contributed by atoms with van der Waals surface area (Å²) in [5.41, 5.74) is 0.410. The summed E-state index contributed by atoms with van der Waals surface area (Å²) in [7, 11) is 1.49. The quantitative estimate of drug-likeness (QED) is 0.873. The van der Waals surface area contributed by atoms with Gasteiger partial charge in [0.05, 0.1) is 5.92 Å². The number of hydrogen-bond donors (Lipinski definition) is 1. The van der Waals surface area contributed by atoms with Gasteiger partial charge in [-0.3, -0.25) is 9.59 Å². The first-order valence-electron chi connectivity index (χ1n) is 5.16. The summed E-state index contributed by atoms with van der Waals surface area (Å²) < 4.78 is 12.9. The highest BCUT2D eigenvalue weighted by Gasteiger charge is 2.19. The maximum absolute atomic E-state index is 12.9. The molecule has 0 radical (unpaired) electrons. The molecule has 0 saturated heterocycles. The van der Waals surface area contributed by atoms with Gasteiger partial charge < -0.3 is 10.0 Å². The molecule has 1 unspecified atom stereocenters. The van der Waals surface area contributed by atoms with Crippen molar-refractivity contribution in [1.29, 1.82) is 0 Å². The molecule has 0 aliphatic heterocycles. The van der Waals surface area contributed by atoms with Gasteiger partial charge in [0.2, 0.25) is 5.91 Å². The minimum atomic E-state index is -1.02. The molecule has 0 aromatic heterocycles. The molecular formula is C12H14FNO3. The van der Waals surface area contributed by atoms with Crippen molar-refractivity contribution >= 4 is 17.6 Å². The lowest BCUT2D eigenvalue weighted by atomic mass is 10.1. The third kappa shape index (κ3) is 3.55. The summed E-state index contributed by atoms with van der Waals surface area (Å²) in [6, 6.07) is 5.59. The smallest absolute Gasteiger partial charge is 0.306 e. The van der Waals surface area contributed by atoms with Gasteiger partial charge in [-0.2, -0.15) is 0 Å². The van der Waals surface area contributed by atoms with E-state index in [0.717, 1.165) is 0 Å². The van der Waals surface area contributed by atoms with Crippen molar-refractivity contribution in [2.24, 2.45) is 5.92 Å². The van der Waals surface area contributed by atoms with Gasteiger partial charge in [-0.05, 0) is 18.2 Å². The molecule has 1 aromatic rings. The summed E-state index contributed by atoms with van der Waals surface area (Å²) in [6.07, 6.45) is -0.109. The normalized spacial score (nSPS) is 11.9. The van der Waals surface area contributed by atoms with Crippen molar-refractivity contribution in [3.8, 4) is 0 Å². The molecule has 0 aliphatic carbocycles. The zero-order valence-electron chi connectivity index (χ0n) is 9.68. The fourth-order valence-electron chi connectivity index (χ4n) is 1.31. The number of rotatable bonds is 4. The fraction of sp³-hybridized carbons (Fsp3) is 0.333. The summed E-state index contributed by atoms with van der Waals surface area (Å²) in [5.74, 6) is -2.57. The van der Waals surface area contributed by atoms with E-state index in [9.17, 15) is 14.0 Å². The number of aliphatic carboxylic acids is 1. The highest BCUT2D eigenvalue weighted by Crippen LogP contribution is 2.16. The van der Waals surface area contributed by atoms with Gasteiger partial charge in [0.1, 0.15) is 5.82 Å². The highest BCUT2D eigenvalue weighted by atomic mass is 19.1. The molecule has 0 fully saturated rings. The van der Waals surface area contributed by atoms with Crippen LogP contribution in [0.5, 0.6) is 0 Å². The first kappa shape index (κ1) is 13.2. The van der Waals surface area contributed by atoms with E-state index in [0.29, 0.717) is 5.69 Å². The standard InChI is InChI=1S/C12H14FNO3/c1-8(12(16)17)6-11(15)14(2)10-5-3-4-9(13)7-10/h3-5,7-8H,6H2,1-2H3,(H,16,17). The van der Waals surface area contributed by atoms with Gasteiger partial charge in [0.25, 0.3) is 0 Å². The van der Waals surface area contributed by atoms with Crippen molar-refractivity contribution in [2.45, 2.75) is 13.3 Å². The number of carbonyl (C=O) groups is 2. The second-order valence-electron chi connectivity index (χ2n) is 3.88. The van der Waals surface area contributed by atoms with Crippen molar-refractivity contribution < 1.29 is 19.1 Å². The minimum Gasteiger partial charge on any atom is -0.481 e. The predicted octanol–water partition coefficient (Wildman–Crippen LogP) is 1.90. The summed E-state index contributed by atoms with van der Waals surface area (Å²) >= 11 is 0. The summed E-state index contributed by atoms with van der Waals surface area (Å²) in [4.78, 5) is 23.6. The molecule has 1 N–H and O–H groups in total. The molecule has 17 heavy (non-hydrogen) atoms. The van der Waals surface area contributed by atoms with Crippen LogP contribution in [0.2, 0.25) is 0 Å². The number of anilines is 1. The molecule has 0 heterocycles. The number of benzene rings is 1. The molecule has 1 atom stereocenters. The number of nitrogens with zero attached hydrogens (tertiary/aromatic N) is 1. The van der Waals surface area contributed by atoms with Crippen LogP contribution in [0.3, 0.4) is 0 Å². The van der Waals surface area contributed by atoms with Crippen LogP contribution in [0.15, 0.2) is 24.3 Å². The van der Waals surface area contributed by atoms with Crippen LogP contribution in [-0.2, 0) is 9.59 Å². The topological polar surface area (TPSA) is 57.6 Å². The van der Waals surface area contributed by atoms with E-state index >= 15 is 0 Å². The zero-order chi connectivity index (χ0) is 13.0. The monoisotopic (exact) mass is 239 g/mol. The van der Waals surface area contributed by atoms with E-state index < -0.39 is 17.7 Å². The van der Waals surface area contributed by atoms with Gasteiger partial charge in [0.15, 0.2) is 0 Å². The van der Waals surface area contributed by atoms with Gasteiger partial charge in [-0.25, -0.2) is 4.39 Å². The molecule has 1 rings (SSSR count). The number of hydrogen-bond acceptors (Lipinski definition) is 2. The van der Waals surface area contributed by atoms with Crippen LogP contribution in [0.1, 0.15) is 13.3 Å². The molecule has 92 valence electrons. The van der Waals surface area contributed by atoms with Crippen LogP contribution in [0, 0.1) is 11.7 Å². The van der Waals surface area contributed by atoms with Gasteiger partial charge in [-0.1, -0.05) is 13.0 Å². The maximum Gasteiger partial charge on any atom is 0.306 e. The fourth-order valence-corrected chi connectivity index (χ4v) is 1.31. The molecular weight excluding hydrogens is 225 g/mol. The first-order valence-corrected chi connectivity index (χ1v) is 5.16. The van der Waals surface area contributed by atoms with Crippen molar-refractivity contribution in [2.75, 3.05) is 11.9 Å². The Morgan fingerprint density at radius 2 is 2.12 bits per heavy atom. The van der Waals surface area contributed by atoms with Gasteiger partial charge in [0, 0.05) is 19.2 Å². The van der Waals surface area contributed by atoms with E-state index in [1.54, 1.807) is 6.07 Å². The predicted molar refractivity (Wildman–Crippen MR) is 61.2 cm³/mol. The van der Waals surface area contributed by atoms with E-state index in [1.807, 2.05) is 0 Å². The van der Waals surface area contributed by atoms with E-state index in [4.69, 9.17) is 5.11 Å². The molecule has 1 aromatic carbocycles. The lowest BCUT2D eigenvalue weighted by Gasteiger charge is -2.18. The van der Waals surface area contributed by atoms with Crippen LogP contribution < -0.4 is 4.90 Å². The lowest BCUT2D eigenvalue weighted by Crippen LogP contribution is -2.29. The van der Waals surface area contributed by atoms with Crippen molar-refractivity contribution in [3.05, 3.63) is 30.1 Å². The van der Waals surface area contributed by atoms with E-state index in [2.05, 4.69) is 0 Å². The van der Waals surface area contributed by atoms with Crippen LogP contribution in [0.4, 0.5) is 10.1 Å². The van der Waals surface area contributed by atoms with Crippen LogP contribution in [0.25, 0.3) is 0 Å². The lowest BCUT2D eigenvalue weighted by molar-refractivity contribution is -0.143.